The van der Waals surface area contributed by atoms with E-state index in [-0.39, 0.29) is 28.9 Å². The van der Waals surface area contributed by atoms with Crippen LogP contribution in [0, 0.1) is 16.0 Å². The van der Waals surface area contributed by atoms with E-state index in [4.69, 9.17) is 14.2 Å². The van der Waals surface area contributed by atoms with Crippen LogP contribution in [0.2, 0.25) is 0 Å². The van der Waals surface area contributed by atoms with Crippen molar-refractivity contribution < 1.29 is 28.7 Å². The SMILES string of the molecule is O=C(c1ccc2c(c1)OCCO2)C1CCN(C(=O)c2ccc(N3CCOCC3)c([N+](=O)[O-])c2)CC1. The number of Topliss-reactive ketones (excluding diaryl/α,β-unsaturated/α-hetero) is 1. The maximum atomic E-state index is 13.1. The van der Waals surface area contributed by atoms with Gasteiger partial charge in [-0.15, -0.1) is 0 Å². The molecule has 0 N–H and O–H groups in total. The average molecular weight is 482 g/mol. The van der Waals surface area contributed by atoms with Gasteiger partial charge in [-0.1, -0.05) is 0 Å². The molecule has 0 aromatic heterocycles. The lowest BCUT2D eigenvalue weighted by molar-refractivity contribution is -0.384. The molecule has 0 aliphatic carbocycles. The quantitative estimate of drug-likeness (QED) is 0.364. The van der Waals surface area contributed by atoms with Crippen molar-refractivity contribution in [3.63, 3.8) is 0 Å². The zero-order valence-electron chi connectivity index (χ0n) is 19.3. The molecule has 5 rings (SSSR count). The number of nitrogens with zero attached hydrogens (tertiary/aromatic N) is 3. The topological polar surface area (TPSA) is 111 Å². The van der Waals surface area contributed by atoms with Crippen LogP contribution in [-0.4, -0.2) is 74.1 Å². The minimum Gasteiger partial charge on any atom is -0.486 e. The Hall–Kier alpha value is -3.66. The van der Waals surface area contributed by atoms with Crippen molar-refractivity contribution in [3.8, 4) is 11.5 Å². The van der Waals surface area contributed by atoms with E-state index in [2.05, 4.69) is 0 Å². The molecule has 3 aliphatic heterocycles. The monoisotopic (exact) mass is 481 g/mol. The van der Waals surface area contributed by atoms with Gasteiger partial charge in [-0.05, 0) is 43.2 Å². The Morgan fingerprint density at radius 2 is 1.54 bits per heavy atom. The maximum absolute atomic E-state index is 13.1. The van der Waals surface area contributed by atoms with E-state index in [0.29, 0.717) is 88.2 Å². The van der Waals surface area contributed by atoms with Crippen molar-refractivity contribution in [1.29, 1.82) is 0 Å². The molecule has 2 aromatic rings. The average Bonchev–Trinajstić information content (AvgIpc) is 2.92. The molecule has 2 saturated heterocycles. The van der Waals surface area contributed by atoms with Crippen molar-refractivity contribution in [2.45, 2.75) is 12.8 Å². The second kappa shape index (κ2) is 9.91. The molecule has 2 fully saturated rings. The highest BCUT2D eigenvalue weighted by molar-refractivity contribution is 5.99. The largest absolute Gasteiger partial charge is 0.486 e. The number of hydrogen-bond acceptors (Lipinski definition) is 8. The summed E-state index contributed by atoms with van der Waals surface area (Å²) in [4.78, 5) is 41.0. The first-order valence-electron chi connectivity index (χ1n) is 11.9. The third-order valence-electron chi connectivity index (χ3n) is 6.75. The molecule has 2 aromatic carbocycles. The van der Waals surface area contributed by atoms with E-state index in [0.717, 1.165) is 0 Å². The number of nitro benzene ring substituents is 1. The molecule has 3 heterocycles. The second-order valence-electron chi connectivity index (χ2n) is 8.85. The number of morpholine rings is 1. The predicted octanol–water partition coefficient (Wildman–Crippen LogP) is 2.94. The first-order valence-corrected chi connectivity index (χ1v) is 11.9. The summed E-state index contributed by atoms with van der Waals surface area (Å²) in [5, 5.41) is 11.7. The van der Waals surface area contributed by atoms with Gasteiger partial charge < -0.3 is 24.0 Å². The van der Waals surface area contributed by atoms with Gasteiger partial charge >= 0.3 is 0 Å². The molecule has 0 saturated carbocycles. The lowest BCUT2D eigenvalue weighted by atomic mass is 9.88. The highest BCUT2D eigenvalue weighted by atomic mass is 16.6. The molecule has 0 spiro atoms. The van der Waals surface area contributed by atoms with Gasteiger partial charge in [0.15, 0.2) is 17.3 Å². The Balaban J connectivity index is 1.24. The number of likely N-dealkylation sites (tertiary alicyclic amines) is 1. The number of benzene rings is 2. The van der Waals surface area contributed by atoms with Crippen LogP contribution in [0.1, 0.15) is 33.6 Å². The number of amides is 1. The number of carbonyl (C=O) groups is 2. The molecule has 0 unspecified atom stereocenters. The number of fused-ring (bicyclic) bond motifs is 1. The number of nitro groups is 1. The zero-order chi connectivity index (χ0) is 24.4. The summed E-state index contributed by atoms with van der Waals surface area (Å²) in [5.41, 5.74) is 1.28. The Bertz CT molecular complexity index is 1140. The minimum absolute atomic E-state index is 0.0274. The van der Waals surface area contributed by atoms with Crippen molar-refractivity contribution >= 4 is 23.1 Å². The summed E-state index contributed by atoms with van der Waals surface area (Å²) in [6.07, 6.45) is 1.07. The van der Waals surface area contributed by atoms with Crippen LogP contribution in [0.3, 0.4) is 0 Å². The number of anilines is 1. The summed E-state index contributed by atoms with van der Waals surface area (Å²) in [6, 6.07) is 9.89. The van der Waals surface area contributed by atoms with Crippen LogP contribution in [-0.2, 0) is 4.74 Å². The van der Waals surface area contributed by atoms with Crippen molar-refractivity contribution in [2.24, 2.45) is 5.92 Å². The molecule has 0 atom stereocenters. The van der Waals surface area contributed by atoms with Gasteiger partial charge in [0.1, 0.15) is 18.9 Å². The summed E-state index contributed by atoms with van der Waals surface area (Å²) >= 11 is 0. The second-order valence-corrected chi connectivity index (χ2v) is 8.85. The molecule has 35 heavy (non-hydrogen) atoms. The molecule has 0 radical (unpaired) electrons. The van der Waals surface area contributed by atoms with Crippen LogP contribution >= 0.6 is 0 Å². The molecule has 3 aliphatic rings. The Morgan fingerprint density at radius 3 is 2.26 bits per heavy atom. The van der Waals surface area contributed by atoms with Crippen LogP contribution in [0.25, 0.3) is 0 Å². The lowest BCUT2D eigenvalue weighted by Crippen LogP contribution is -2.40. The van der Waals surface area contributed by atoms with Crippen LogP contribution < -0.4 is 14.4 Å². The van der Waals surface area contributed by atoms with E-state index in [1.165, 1.54) is 6.07 Å². The lowest BCUT2D eigenvalue weighted by Gasteiger charge is -2.32. The number of carbonyl (C=O) groups excluding carboxylic acids is 2. The Kier molecular flexibility index (Phi) is 6.54. The summed E-state index contributed by atoms with van der Waals surface area (Å²) < 4.78 is 16.4. The molecule has 0 bridgehead atoms. The fourth-order valence-electron chi connectivity index (χ4n) is 4.83. The van der Waals surface area contributed by atoms with Gasteiger partial charge in [0.2, 0.25) is 0 Å². The zero-order valence-corrected chi connectivity index (χ0v) is 19.3. The Morgan fingerprint density at radius 1 is 0.857 bits per heavy atom. The fraction of sp³-hybridized carbons (Fsp3) is 0.440. The third-order valence-corrected chi connectivity index (χ3v) is 6.75. The highest BCUT2D eigenvalue weighted by Gasteiger charge is 2.30. The van der Waals surface area contributed by atoms with Gasteiger partial charge in [-0.2, -0.15) is 0 Å². The molecular formula is C25H27N3O7. The van der Waals surface area contributed by atoms with Gasteiger partial charge in [-0.25, -0.2) is 0 Å². The predicted molar refractivity (Wildman–Crippen MR) is 127 cm³/mol. The number of ketones is 1. The normalized spacial score (nSPS) is 18.3. The highest BCUT2D eigenvalue weighted by Crippen LogP contribution is 2.34. The van der Waals surface area contributed by atoms with E-state index in [1.54, 1.807) is 35.2 Å². The molecule has 1 amide bonds. The first kappa shape index (κ1) is 23.1. The number of hydrogen-bond donors (Lipinski definition) is 0. The van der Waals surface area contributed by atoms with Crippen LogP contribution in [0.4, 0.5) is 11.4 Å². The summed E-state index contributed by atoms with van der Waals surface area (Å²) in [7, 11) is 0. The maximum Gasteiger partial charge on any atom is 0.293 e. The van der Waals surface area contributed by atoms with E-state index < -0.39 is 4.92 Å². The number of ether oxygens (including phenoxy) is 3. The molecule has 10 nitrogen and oxygen atoms in total. The number of rotatable bonds is 5. The van der Waals surface area contributed by atoms with Gasteiger partial charge in [0, 0.05) is 49.3 Å². The standard InChI is InChI=1S/C25H27N3O7/c29-24(18-2-4-22-23(16-18)35-14-13-34-22)17-5-7-27(8-6-17)25(30)19-1-3-20(21(15-19)28(31)32)26-9-11-33-12-10-26/h1-4,15-17H,5-14H2. The van der Waals surface area contributed by atoms with Crippen molar-refractivity contribution in [3.05, 3.63) is 57.6 Å². The third kappa shape index (κ3) is 4.79. The van der Waals surface area contributed by atoms with E-state index in [1.807, 2.05) is 4.90 Å². The molecular weight excluding hydrogens is 454 g/mol. The smallest absolute Gasteiger partial charge is 0.293 e. The Labute approximate surface area is 202 Å². The van der Waals surface area contributed by atoms with Crippen LogP contribution in [0.15, 0.2) is 36.4 Å². The van der Waals surface area contributed by atoms with Gasteiger partial charge in [-0.3, -0.25) is 19.7 Å². The molecule has 184 valence electrons. The van der Waals surface area contributed by atoms with Crippen molar-refractivity contribution in [2.75, 3.05) is 57.5 Å². The van der Waals surface area contributed by atoms with Gasteiger partial charge in [0.05, 0.1) is 18.1 Å². The van der Waals surface area contributed by atoms with E-state index >= 15 is 0 Å². The van der Waals surface area contributed by atoms with E-state index in [9.17, 15) is 19.7 Å². The summed E-state index contributed by atoms with van der Waals surface area (Å²) in [5.74, 6) is 0.796. The molecule has 10 heteroatoms. The van der Waals surface area contributed by atoms with Crippen LogP contribution in [0.5, 0.6) is 11.5 Å². The van der Waals surface area contributed by atoms with Gasteiger partial charge in [0.25, 0.3) is 11.6 Å². The van der Waals surface area contributed by atoms with Crippen molar-refractivity contribution in [1.82, 2.24) is 4.90 Å². The number of piperidine rings is 1. The summed E-state index contributed by atoms with van der Waals surface area (Å²) in [6.45, 7) is 3.94. The first-order chi connectivity index (χ1) is 17.0. The fourth-order valence-corrected chi connectivity index (χ4v) is 4.83. The minimum atomic E-state index is -0.445.